The van der Waals surface area contributed by atoms with Crippen molar-refractivity contribution in [1.82, 2.24) is 0 Å². The largest absolute Gasteiger partial charge is 0.523 e. The molecule has 0 aromatic carbocycles. The number of hydrogen-bond donors (Lipinski definition) is 4. The molecule has 0 fully saturated rings. The quantitative estimate of drug-likeness (QED) is 0.356. The lowest BCUT2D eigenvalue weighted by Crippen LogP contribution is -2.49. The van der Waals surface area contributed by atoms with E-state index in [4.69, 9.17) is 19.3 Å². The highest BCUT2D eigenvalue weighted by Gasteiger charge is 2.41. The van der Waals surface area contributed by atoms with E-state index in [0.29, 0.717) is 0 Å². The van der Waals surface area contributed by atoms with Gasteiger partial charge in [-0.2, -0.15) is 0 Å². The average Bonchev–Trinajstić information content (AvgIpc) is 1.78. The maximum absolute atomic E-state index is 10.7. The van der Waals surface area contributed by atoms with Crippen LogP contribution < -0.4 is 0 Å². The molecule has 0 aromatic heterocycles. The van der Waals surface area contributed by atoms with Gasteiger partial charge in [0.2, 0.25) is 0 Å². The Morgan fingerprint density at radius 1 is 1.50 bits per heavy atom. The van der Waals surface area contributed by atoms with Crippen LogP contribution in [-0.2, 0) is 9.09 Å². The van der Waals surface area contributed by atoms with Gasteiger partial charge in [-0.05, 0) is 6.42 Å². The highest BCUT2D eigenvalue weighted by molar-refractivity contribution is 7.52. The third-order valence-corrected chi connectivity index (χ3v) is 3.36. The SMILES string of the molecule is CCC(OP(C)(=O)O)[Si](O)(O)O. The van der Waals surface area contributed by atoms with Gasteiger partial charge in [0.25, 0.3) is 0 Å². The molecule has 0 amide bonds. The monoisotopic (exact) mass is 216 g/mol. The average molecular weight is 216 g/mol. The molecular formula is C4H13O6PSi. The molecule has 0 saturated carbocycles. The lowest BCUT2D eigenvalue weighted by molar-refractivity contribution is 0.119. The van der Waals surface area contributed by atoms with Crippen molar-refractivity contribution in [2.75, 3.05) is 6.66 Å². The molecule has 12 heavy (non-hydrogen) atoms. The zero-order valence-electron chi connectivity index (χ0n) is 6.84. The first-order chi connectivity index (χ1) is 5.17. The van der Waals surface area contributed by atoms with Gasteiger partial charge >= 0.3 is 16.4 Å². The normalized spacial score (nSPS) is 20.2. The van der Waals surface area contributed by atoms with Gasteiger partial charge in [-0.15, -0.1) is 0 Å². The lowest BCUT2D eigenvalue weighted by atomic mass is 10.5. The summed E-state index contributed by atoms with van der Waals surface area (Å²) < 4.78 is 15.0. The van der Waals surface area contributed by atoms with Crippen molar-refractivity contribution < 1.29 is 28.4 Å². The van der Waals surface area contributed by atoms with Crippen LogP contribution in [0.1, 0.15) is 13.3 Å². The Balaban J connectivity index is 4.30. The van der Waals surface area contributed by atoms with Crippen molar-refractivity contribution in [3.8, 4) is 0 Å². The molecule has 8 heteroatoms. The molecule has 4 N–H and O–H groups in total. The van der Waals surface area contributed by atoms with Gasteiger partial charge < -0.3 is 23.8 Å². The van der Waals surface area contributed by atoms with E-state index in [1.54, 1.807) is 0 Å². The molecular weight excluding hydrogens is 203 g/mol. The zero-order chi connectivity index (χ0) is 9.99. The molecule has 0 aromatic rings. The van der Waals surface area contributed by atoms with Gasteiger partial charge in [0.15, 0.2) is 0 Å². The molecule has 0 spiro atoms. The van der Waals surface area contributed by atoms with Crippen LogP contribution in [0.4, 0.5) is 0 Å². The van der Waals surface area contributed by atoms with Crippen LogP contribution >= 0.6 is 7.60 Å². The summed E-state index contributed by atoms with van der Waals surface area (Å²) in [5.41, 5.74) is -1.35. The van der Waals surface area contributed by atoms with Gasteiger partial charge in [-0.25, -0.2) is 0 Å². The maximum Gasteiger partial charge on any atom is 0.523 e. The first-order valence-electron chi connectivity index (χ1n) is 3.32. The summed E-state index contributed by atoms with van der Waals surface area (Å²) in [7, 11) is -8.23. The molecule has 2 unspecified atom stereocenters. The lowest BCUT2D eigenvalue weighted by Gasteiger charge is -2.22. The van der Waals surface area contributed by atoms with E-state index in [0.717, 1.165) is 6.66 Å². The first kappa shape index (κ1) is 12.2. The van der Waals surface area contributed by atoms with Crippen LogP contribution in [0.15, 0.2) is 0 Å². The Labute approximate surface area is 71.3 Å². The van der Waals surface area contributed by atoms with E-state index in [-0.39, 0.29) is 6.42 Å². The molecule has 0 rings (SSSR count). The third-order valence-electron chi connectivity index (χ3n) is 1.13. The Bertz CT molecular complexity index is 182. The summed E-state index contributed by atoms with van der Waals surface area (Å²) in [6, 6.07) is 0. The molecule has 0 aliphatic heterocycles. The van der Waals surface area contributed by atoms with Crippen LogP contribution in [0.5, 0.6) is 0 Å². The van der Waals surface area contributed by atoms with Crippen molar-refractivity contribution in [3.05, 3.63) is 0 Å². The topological polar surface area (TPSA) is 107 Å². The molecule has 2 atom stereocenters. The predicted molar refractivity (Wildman–Crippen MR) is 43.3 cm³/mol. The highest BCUT2D eigenvalue weighted by atomic mass is 31.2. The second-order valence-corrected chi connectivity index (χ2v) is 6.33. The minimum atomic E-state index is -4.45. The smallest absolute Gasteiger partial charge is 0.388 e. The summed E-state index contributed by atoms with van der Waals surface area (Å²) in [5, 5.41) is 0. The van der Waals surface area contributed by atoms with Crippen molar-refractivity contribution in [2.45, 2.75) is 19.1 Å². The van der Waals surface area contributed by atoms with Crippen LogP contribution in [0, 0.1) is 0 Å². The van der Waals surface area contributed by atoms with Gasteiger partial charge in [-0.3, -0.25) is 4.57 Å². The Morgan fingerprint density at radius 3 is 2.00 bits per heavy atom. The van der Waals surface area contributed by atoms with Crippen molar-refractivity contribution in [2.24, 2.45) is 0 Å². The van der Waals surface area contributed by atoms with E-state index in [1.165, 1.54) is 6.92 Å². The zero-order valence-corrected chi connectivity index (χ0v) is 8.73. The minimum absolute atomic E-state index is 0.0636. The molecule has 0 bridgehead atoms. The summed E-state index contributed by atoms with van der Waals surface area (Å²) >= 11 is 0. The van der Waals surface area contributed by atoms with Gasteiger partial charge in [0.1, 0.15) is 5.73 Å². The first-order valence-corrected chi connectivity index (χ1v) is 7.27. The second kappa shape index (κ2) is 3.97. The maximum atomic E-state index is 10.7. The number of rotatable bonds is 4. The van der Waals surface area contributed by atoms with Crippen molar-refractivity contribution in [1.29, 1.82) is 0 Å². The fourth-order valence-corrected chi connectivity index (χ4v) is 2.98. The van der Waals surface area contributed by atoms with Crippen LogP contribution in [-0.4, -0.2) is 40.5 Å². The standard InChI is InChI=1S/C4H13O6PSi/c1-3-4(12(7,8)9)10-11(2,5)6/h4,7-9H,3H2,1-2H3,(H,5,6). The van der Waals surface area contributed by atoms with Gasteiger partial charge in [0.05, 0.1) is 0 Å². The minimum Gasteiger partial charge on any atom is -0.388 e. The van der Waals surface area contributed by atoms with Crippen LogP contribution in [0.2, 0.25) is 0 Å². The fourth-order valence-electron chi connectivity index (χ4n) is 0.655. The molecule has 74 valence electrons. The van der Waals surface area contributed by atoms with E-state index < -0.39 is 22.1 Å². The molecule has 0 aliphatic rings. The fraction of sp³-hybridized carbons (Fsp3) is 1.00. The van der Waals surface area contributed by atoms with Crippen molar-refractivity contribution >= 4 is 16.4 Å². The van der Waals surface area contributed by atoms with Gasteiger partial charge in [-0.1, -0.05) is 6.92 Å². The van der Waals surface area contributed by atoms with E-state index in [9.17, 15) is 4.57 Å². The second-order valence-electron chi connectivity index (χ2n) is 2.49. The van der Waals surface area contributed by atoms with Crippen LogP contribution in [0.25, 0.3) is 0 Å². The Morgan fingerprint density at radius 2 is 1.92 bits per heavy atom. The highest BCUT2D eigenvalue weighted by Crippen LogP contribution is 2.39. The molecule has 0 aliphatic carbocycles. The Hall–Kier alpha value is 0.247. The predicted octanol–water partition coefficient (Wildman–Crippen LogP) is -0.948. The van der Waals surface area contributed by atoms with Gasteiger partial charge in [0, 0.05) is 6.66 Å². The van der Waals surface area contributed by atoms with E-state index in [2.05, 4.69) is 4.52 Å². The molecule has 0 radical (unpaired) electrons. The number of hydrogen-bond acceptors (Lipinski definition) is 5. The van der Waals surface area contributed by atoms with Crippen LogP contribution in [0.3, 0.4) is 0 Å². The third kappa shape index (κ3) is 4.99. The molecule has 0 heterocycles. The summed E-state index contributed by atoms with van der Waals surface area (Å²) in [4.78, 5) is 34.9. The molecule has 6 nitrogen and oxygen atoms in total. The van der Waals surface area contributed by atoms with E-state index in [1.807, 2.05) is 0 Å². The summed E-state index contributed by atoms with van der Waals surface area (Å²) in [6.07, 6.45) is 0.0636. The Kier molecular flexibility index (Phi) is 4.05. The molecule has 0 saturated heterocycles. The van der Waals surface area contributed by atoms with Crippen molar-refractivity contribution in [3.63, 3.8) is 0 Å². The summed E-state index contributed by atoms with van der Waals surface area (Å²) in [5.74, 6) is 0. The van der Waals surface area contributed by atoms with E-state index >= 15 is 0 Å². The summed E-state index contributed by atoms with van der Waals surface area (Å²) in [6.45, 7) is 2.42.